The Balaban J connectivity index is 0.00000130. The molecule has 0 radical (unpaired) electrons. The van der Waals surface area contributed by atoms with E-state index in [0.717, 1.165) is 65.0 Å². The van der Waals surface area contributed by atoms with Crippen LogP contribution in [0.4, 0.5) is 5.95 Å². The van der Waals surface area contributed by atoms with E-state index in [0.29, 0.717) is 0 Å². The number of ether oxygens (including phenoxy) is 1. The second-order valence-corrected chi connectivity index (χ2v) is 9.67. The summed E-state index contributed by atoms with van der Waals surface area (Å²) < 4.78 is 7.97. The molecule has 2 aliphatic heterocycles. The van der Waals surface area contributed by atoms with Crippen LogP contribution in [-0.2, 0) is 4.74 Å². The number of rotatable bonds is 3. The van der Waals surface area contributed by atoms with Gasteiger partial charge in [-0.3, -0.25) is 4.40 Å². The number of piperidine rings is 1. The number of nitrogens with two attached hydrogens (primary N) is 1. The Morgan fingerprint density at radius 2 is 1.94 bits per heavy atom. The summed E-state index contributed by atoms with van der Waals surface area (Å²) in [4.78, 5) is 21.6. The normalized spacial score (nSPS) is 21.9. The number of pyridine rings is 1. The molecule has 6 rings (SSSR count). The highest BCUT2D eigenvalue weighted by Crippen LogP contribution is 2.42. The van der Waals surface area contributed by atoms with Gasteiger partial charge in [-0.25, -0.2) is 15.0 Å². The number of hydrogen-bond donors (Lipinski definition) is 2. The maximum Gasteiger partial charge on any atom is 0.211 e. The van der Waals surface area contributed by atoms with Crippen molar-refractivity contribution in [2.24, 2.45) is 11.1 Å². The molecule has 4 aromatic rings. The Bertz CT molecular complexity index is 1250. The monoisotopic (exact) mass is 503 g/mol. The van der Waals surface area contributed by atoms with Gasteiger partial charge in [0.1, 0.15) is 5.65 Å². The molecule has 2 atom stereocenters. The van der Waals surface area contributed by atoms with Crippen LogP contribution in [0, 0.1) is 5.41 Å². The highest BCUT2D eigenvalue weighted by Gasteiger charge is 2.47. The van der Waals surface area contributed by atoms with Crippen molar-refractivity contribution in [1.29, 1.82) is 0 Å². The van der Waals surface area contributed by atoms with Crippen molar-refractivity contribution < 1.29 is 4.74 Å². The molecule has 11 heteroatoms. The summed E-state index contributed by atoms with van der Waals surface area (Å²) in [7, 11) is 0. The lowest BCUT2D eigenvalue weighted by molar-refractivity contribution is 0.0973. The van der Waals surface area contributed by atoms with E-state index in [1.807, 2.05) is 37.1 Å². The number of anilines is 1. The molecule has 0 unspecified atom stereocenters. The van der Waals surface area contributed by atoms with E-state index < -0.39 is 0 Å². The number of nitrogens with one attached hydrogen (secondary N) is 1. The van der Waals surface area contributed by atoms with E-state index in [-0.39, 0.29) is 44.6 Å². The molecule has 176 valence electrons. The summed E-state index contributed by atoms with van der Waals surface area (Å²) in [6.07, 6.45) is 11.7. The lowest BCUT2D eigenvalue weighted by Crippen LogP contribution is -2.51. The van der Waals surface area contributed by atoms with Gasteiger partial charge in [0.2, 0.25) is 5.95 Å². The topological polar surface area (TPSA) is 97.4 Å². The van der Waals surface area contributed by atoms with Crippen LogP contribution in [0.3, 0.4) is 0 Å². The summed E-state index contributed by atoms with van der Waals surface area (Å²) in [5, 5.41) is 1.10. The molecule has 0 aliphatic carbocycles. The number of nitrogens with zero attached hydrogens (tertiary/aromatic N) is 5. The van der Waals surface area contributed by atoms with E-state index in [2.05, 4.69) is 37.2 Å². The Hall–Kier alpha value is -1.92. The van der Waals surface area contributed by atoms with Gasteiger partial charge in [-0.2, -0.15) is 27.0 Å². The van der Waals surface area contributed by atoms with Crippen LogP contribution >= 0.6 is 38.8 Å². The van der Waals surface area contributed by atoms with Crippen LogP contribution in [-0.4, -0.2) is 56.2 Å². The van der Waals surface area contributed by atoms with Gasteiger partial charge in [0.25, 0.3) is 0 Å². The third-order valence-electron chi connectivity index (χ3n) is 6.90. The molecule has 0 aromatic carbocycles. The zero-order chi connectivity index (χ0) is 21.0. The Morgan fingerprint density at radius 1 is 1.12 bits per heavy atom. The molecular weight excluding hydrogens is 474 g/mol. The largest absolute Gasteiger partial charge is 0.376 e. The maximum absolute atomic E-state index is 6.49. The minimum Gasteiger partial charge on any atom is -0.376 e. The van der Waals surface area contributed by atoms with E-state index in [4.69, 9.17) is 15.5 Å². The minimum absolute atomic E-state index is 0. The molecule has 0 amide bonds. The first kappa shape index (κ1) is 24.2. The second kappa shape index (κ2) is 9.38. The Kier molecular flexibility index (Phi) is 6.88. The van der Waals surface area contributed by atoms with Gasteiger partial charge < -0.3 is 20.4 Å². The Morgan fingerprint density at radius 3 is 2.70 bits per heavy atom. The summed E-state index contributed by atoms with van der Waals surface area (Å²) >= 11 is 1.67. The third kappa shape index (κ3) is 3.99. The van der Waals surface area contributed by atoms with E-state index in [1.165, 1.54) is 0 Å². The van der Waals surface area contributed by atoms with Crippen LogP contribution < -0.4 is 10.6 Å². The molecule has 2 fully saturated rings. The van der Waals surface area contributed by atoms with E-state index in [1.54, 1.807) is 11.8 Å². The smallest absolute Gasteiger partial charge is 0.211 e. The zero-order valence-electron chi connectivity index (χ0n) is 18.4. The molecule has 0 bridgehead atoms. The fourth-order valence-electron chi connectivity index (χ4n) is 4.96. The molecule has 4 aromatic heterocycles. The highest BCUT2D eigenvalue weighted by molar-refractivity contribution is 7.99. The molecule has 2 aliphatic rings. The predicted molar refractivity (Wildman–Crippen MR) is 141 cm³/mol. The average molecular weight is 504 g/mol. The maximum atomic E-state index is 6.49. The van der Waals surface area contributed by atoms with Crippen LogP contribution in [0.5, 0.6) is 0 Å². The van der Waals surface area contributed by atoms with Crippen molar-refractivity contribution in [3.8, 4) is 0 Å². The first-order chi connectivity index (χ1) is 15.1. The van der Waals surface area contributed by atoms with Gasteiger partial charge in [-0.15, -0.1) is 0 Å². The zero-order valence-corrected chi connectivity index (χ0v) is 21.2. The van der Waals surface area contributed by atoms with Crippen molar-refractivity contribution in [3.05, 3.63) is 43.1 Å². The Labute approximate surface area is 210 Å². The highest BCUT2D eigenvalue weighted by atomic mass is 32.2. The van der Waals surface area contributed by atoms with Gasteiger partial charge >= 0.3 is 0 Å². The first-order valence-corrected chi connectivity index (χ1v) is 11.5. The number of aromatic nitrogens is 5. The average Bonchev–Trinajstić information content (AvgIpc) is 3.53. The summed E-state index contributed by atoms with van der Waals surface area (Å²) in [6, 6.07) is 4.20. The molecular formula is C22H29N7OS3. The van der Waals surface area contributed by atoms with Crippen molar-refractivity contribution >= 4 is 61.4 Å². The summed E-state index contributed by atoms with van der Waals surface area (Å²) in [6.45, 7) is 4.70. The van der Waals surface area contributed by atoms with Crippen molar-refractivity contribution in [2.45, 2.75) is 41.7 Å². The number of imidazole rings is 1. The van der Waals surface area contributed by atoms with E-state index >= 15 is 0 Å². The number of aromatic amines is 1. The van der Waals surface area contributed by atoms with Crippen molar-refractivity contribution in [2.75, 3.05) is 24.6 Å². The molecule has 8 nitrogen and oxygen atoms in total. The SMILES string of the molecule is C[C@@H]1OCC2(CCN(c3ncc(Sc4ccnc5[nH]ccc45)c4nccn34)CC2)[C@@H]1N.S.S. The van der Waals surface area contributed by atoms with E-state index in [9.17, 15) is 0 Å². The summed E-state index contributed by atoms with van der Waals surface area (Å²) in [5.41, 5.74) is 8.40. The third-order valence-corrected chi connectivity index (χ3v) is 7.99. The molecule has 3 N–H and O–H groups in total. The van der Waals surface area contributed by atoms with Crippen LogP contribution in [0.15, 0.2) is 52.9 Å². The van der Waals surface area contributed by atoms with Gasteiger partial charge in [-0.05, 0) is 31.9 Å². The quantitative estimate of drug-likeness (QED) is 0.443. The number of H-pyrrole nitrogens is 1. The molecule has 0 saturated carbocycles. The minimum atomic E-state index is 0. The fraction of sp³-hybridized carbons (Fsp3) is 0.409. The molecule has 6 heterocycles. The van der Waals surface area contributed by atoms with Gasteiger partial charge in [-0.1, -0.05) is 11.8 Å². The van der Waals surface area contributed by atoms with Crippen LogP contribution in [0.25, 0.3) is 16.7 Å². The van der Waals surface area contributed by atoms with Gasteiger partial charge in [0.05, 0.1) is 17.6 Å². The second-order valence-electron chi connectivity index (χ2n) is 8.59. The predicted octanol–water partition coefficient (Wildman–Crippen LogP) is 3.32. The lowest BCUT2D eigenvalue weighted by atomic mass is 9.73. The number of fused-ring (bicyclic) bond motifs is 2. The fourth-order valence-corrected chi connectivity index (χ4v) is 5.95. The van der Waals surface area contributed by atoms with Crippen molar-refractivity contribution in [1.82, 2.24) is 24.3 Å². The number of hydrogen-bond acceptors (Lipinski definition) is 7. The van der Waals surface area contributed by atoms with Crippen LogP contribution in [0.1, 0.15) is 19.8 Å². The summed E-state index contributed by atoms with van der Waals surface area (Å²) in [5.74, 6) is 0.939. The molecule has 2 saturated heterocycles. The first-order valence-electron chi connectivity index (χ1n) is 10.7. The van der Waals surface area contributed by atoms with Crippen molar-refractivity contribution in [3.63, 3.8) is 0 Å². The molecule has 1 spiro atoms. The molecule has 33 heavy (non-hydrogen) atoms. The van der Waals surface area contributed by atoms with Crippen LogP contribution in [0.2, 0.25) is 0 Å². The lowest BCUT2D eigenvalue weighted by Gasteiger charge is -2.41. The van der Waals surface area contributed by atoms with Gasteiger partial charge in [0.15, 0.2) is 5.65 Å². The standard InChI is InChI=1S/C22H25N7OS.2H2S/c1-14-18(23)22(13-30-14)4-9-28(10-5-22)21-27-12-17(20-26-8-11-29(20)21)31-16-3-7-25-19-15(16)2-6-24-19;;/h2-3,6-8,11-12,14,18H,4-5,9-10,13,23H2,1H3,(H,24,25);2*1H2/t14-,18+;;/m0../s1. The van der Waals surface area contributed by atoms with Gasteiger partial charge in [0, 0.05) is 65.8 Å².